The Hall–Kier alpha value is -4.40. The van der Waals surface area contributed by atoms with Gasteiger partial charge < -0.3 is 15.0 Å². The second kappa shape index (κ2) is 11.1. The number of hydrogen-bond donors (Lipinski definition) is 1. The number of aromatic nitrogens is 5. The third-order valence-corrected chi connectivity index (χ3v) is 6.35. The lowest BCUT2D eigenvalue weighted by molar-refractivity contribution is -0.145. The number of methoxy groups -OCH3 is 1. The molecule has 4 heterocycles. The van der Waals surface area contributed by atoms with Gasteiger partial charge in [-0.3, -0.25) is 4.79 Å². The van der Waals surface area contributed by atoms with Crippen LogP contribution in [0.25, 0.3) is 11.5 Å². The first-order chi connectivity index (χ1) is 18.1. The summed E-state index contributed by atoms with van der Waals surface area (Å²) in [4.78, 5) is 36.8. The number of aryl methyl sites for hydroxylation is 1. The molecule has 1 aliphatic rings. The highest BCUT2D eigenvalue weighted by Crippen LogP contribution is 2.25. The van der Waals surface area contributed by atoms with Gasteiger partial charge >= 0.3 is 5.97 Å². The first-order valence-electron chi connectivity index (χ1n) is 12.3. The van der Waals surface area contributed by atoms with Crippen LogP contribution in [0.5, 0.6) is 0 Å². The first kappa shape index (κ1) is 24.3. The number of piperidine rings is 1. The number of esters is 1. The van der Waals surface area contributed by atoms with Gasteiger partial charge in [-0.25, -0.2) is 24.9 Å². The number of hydrogen-bond acceptors (Lipinski definition) is 9. The molecule has 1 aliphatic heterocycles. The van der Waals surface area contributed by atoms with E-state index in [1.807, 2.05) is 31.2 Å². The molecule has 0 saturated carbocycles. The number of nitrogens with zero attached hydrogens (tertiary/aromatic N) is 6. The van der Waals surface area contributed by atoms with Crippen LogP contribution in [0.3, 0.4) is 0 Å². The number of nitrogens with one attached hydrogen (secondary N) is 1. The fraction of sp³-hybridized carbons (Fsp3) is 0.286. The van der Waals surface area contributed by atoms with Crippen molar-refractivity contribution >= 4 is 23.3 Å². The van der Waals surface area contributed by atoms with Crippen LogP contribution in [0.4, 0.5) is 17.3 Å². The van der Waals surface area contributed by atoms with E-state index in [0.29, 0.717) is 36.3 Å². The van der Waals surface area contributed by atoms with E-state index in [4.69, 9.17) is 4.74 Å². The van der Waals surface area contributed by atoms with E-state index in [1.54, 1.807) is 18.5 Å². The highest BCUT2D eigenvalue weighted by Gasteiger charge is 2.26. The Bertz CT molecular complexity index is 1380. The number of ether oxygens (including phenoxy) is 1. The minimum atomic E-state index is -0.128. The molecule has 5 rings (SSSR count). The molecule has 37 heavy (non-hydrogen) atoms. The van der Waals surface area contributed by atoms with E-state index in [0.717, 1.165) is 42.0 Å². The van der Waals surface area contributed by atoms with Gasteiger partial charge in [0.15, 0.2) is 5.82 Å². The van der Waals surface area contributed by atoms with Gasteiger partial charge in [0.25, 0.3) is 0 Å². The molecule has 0 bridgehead atoms. The van der Waals surface area contributed by atoms with E-state index in [2.05, 4.69) is 59.4 Å². The second-order valence-electron chi connectivity index (χ2n) is 9.06. The molecule has 0 radical (unpaired) electrons. The lowest BCUT2D eigenvalue weighted by Crippen LogP contribution is -2.39. The zero-order valence-electron chi connectivity index (χ0n) is 21.0. The van der Waals surface area contributed by atoms with Crippen molar-refractivity contribution in [2.45, 2.75) is 26.2 Å². The Labute approximate surface area is 216 Å². The van der Waals surface area contributed by atoms with Crippen molar-refractivity contribution in [2.24, 2.45) is 5.92 Å². The molecule has 1 N–H and O–H groups in total. The third-order valence-electron chi connectivity index (χ3n) is 6.35. The maximum Gasteiger partial charge on any atom is 0.310 e. The SMILES string of the molecule is COC(=O)C1CCCN(c2ccc(Cc3nccc(Nc4ccnc(-c5cccc(C)n5)n4)n3)cc2)C1. The molecule has 1 aromatic carbocycles. The zero-order chi connectivity index (χ0) is 25.6. The van der Waals surface area contributed by atoms with Crippen LogP contribution < -0.4 is 10.2 Å². The van der Waals surface area contributed by atoms with Crippen LogP contribution in [-0.4, -0.2) is 51.1 Å². The Morgan fingerprint density at radius 3 is 2.57 bits per heavy atom. The quantitative estimate of drug-likeness (QED) is 0.374. The van der Waals surface area contributed by atoms with E-state index >= 15 is 0 Å². The van der Waals surface area contributed by atoms with Gasteiger partial charge in [-0.2, -0.15) is 0 Å². The molecule has 0 aliphatic carbocycles. The lowest BCUT2D eigenvalue weighted by Gasteiger charge is -2.33. The van der Waals surface area contributed by atoms with Crippen LogP contribution in [-0.2, 0) is 16.0 Å². The topological polar surface area (TPSA) is 106 Å². The molecule has 3 aromatic heterocycles. The molecular formula is C28H29N7O2. The number of rotatable bonds is 7. The summed E-state index contributed by atoms with van der Waals surface area (Å²) < 4.78 is 4.94. The summed E-state index contributed by atoms with van der Waals surface area (Å²) in [5.74, 6) is 2.35. The molecule has 1 unspecified atom stereocenters. The predicted octanol–water partition coefficient (Wildman–Crippen LogP) is 4.36. The second-order valence-corrected chi connectivity index (χ2v) is 9.06. The average molecular weight is 496 g/mol. The van der Waals surface area contributed by atoms with Gasteiger partial charge in [0, 0.05) is 43.3 Å². The van der Waals surface area contributed by atoms with Crippen molar-refractivity contribution in [1.82, 2.24) is 24.9 Å². The van der Waals surface area contributed by atoms with Crippen molar-refractivity contribution in [2.75, 3.05) is 30.4 Å². The Morgan fingerprint density at radius 1 is 1.00 bits per heavy atom. The van der Waals surface area contributed by atoms with Gasteiger partial charge in [-0.05, 0) is 61.7 Å². The van der Waals surface area contributed by atoms with E-state index in [-0.39, 0.29) is 11.9 Å². The maximum absolute atomic E-state index is 12.0. The number of pyridine rings is 1. The van der Waals surface area contributed by atoms with Gasteiger partial charge in [0.05, 0.1) is 13.0 Å². The van der Waals surface area contributed by atoms with Crippen LogP contribution in [0.1, 0.15) is 29.9 Å². The van der Waals surface area contributed by atoms with Gasteiger partial charge in [-0.15, -0.1) is 0 Å². The highest BCUT2D eigenvalue weighted by molar-refractivity contribution is 5.73. The molecule has 188 valence electrons. The van der Waals surface area contributed by atoms with E-state index in [1.165, 1.54) is 7.11 Å². The Balaban J connectivity index is 1.24. The van der Waals surface area contributed by atoms with Crippen LogP contribution in [0, 0.1) is 12.8 Å². The number of carbonyl (C=O) groups excluding carboxylic acids is 1. The summed E-state index contributed by atoms with van der Waals surface area (Å²) in [6.45, 7) is 3.57. The first-order valence-corrected chi connectivity index (χ1v) is 12.3. The fourth-order valence-corrected chi connectivity index (χ4v) is 4.48. The summed E-state index contributed by atoms with van der Waals surface area (Å²) in [5, 5.41) is 3.25. The summed E-state index contributed by atoms with van der Waals surface area (Å²) in [6, 6.07) is 17.8. The van der Waals surface area contributed by atoms with E-state index < -0.39 is 0 Å². The summed E-state index contributed by atoms with van der Waals surface area (Å²) in [6.07, 6.45) is 5.90. The summed E-state index contributed by atoms with van der Waals surface area (Å²) in [5.41, 5.74) is 3.85. The van der Waals surface area contributed by atoms with Crippen molar-refractivity contribution < 1.29 is 9.53 Å². The minimum absolute atomic E-state index is 0.0684. The normalized spacial score (nSPS) is 15.3. The monoisotopic (exact) mass is 495 g/mol. The zero-order valence-corrected chi connectivity index (χ0v) is 21.0. The predicted molar refractivity (Wildman–Crippen MR) is 142 cm³/mol. The smallest absolute Gasteiger partial charge is 0.310 e. The molecule has 9 heteroatoms. The minimum Gasteiger partial charge on any atom is -0.469 e. The van der Waals surface area contributed by atoms with Crippen molar-refractivity contribution in [1.29, 1.82) is 0 Å². The number of benzene rings is 1. The third kappa shape index (κ3) is 6.06. The summed E-state index contributed by atoms with van der Waals surface area (Å²) >= 11 is 0. The maximum atomic E-state index is 12.0. The van der Waals surface area contributed by atoms with Gasteiger partial charge in [0.1, 0.15) is 23.2 Å². The average Bonchev–Trinajstić information content (AvgIpc) is 2.93. The van der Waals surface area contributed by atoms with Crippen LogP contribution in [0.2, 0.25) is 0 Å². The lowest BCUT2D eigenvalue weighted by atomic mass is 9.97. The molecule has 1 saturated heterocycles. The fourth-order valence-electron chi connectivity index (χ4n) is 4.48. The van der Waals surface area contributed by atoms with Crippen molar-refractivity contribution in [3.8, 4) is 11.5 Å². The van der Waals surface area contributed by atoms with Crippen molar-refractivity contribution in [3.05, 3.63) is 84.1 Å². The molecular weight excluding hydrogens is 466 g/mol. The molecule has 1 fully saturated rings. The largest absolute Gasteiger partial charge is 0.469 e. The number of anilines is 3. The van der Waals surface area contributed by atoms with E-state index in [9.17, 15) is 4.79 Å². The Kier molecular flexibility index (Phi) is 7.30. The molecule has 0 amide bonds. The number of carbonyl (C=O) groups is 1. The van der Waals surface area contributed by atoms with Crippen LogP contribution >= 0.6 is 0 Å². The molecule has 9 nitrogen and oxygen atoms in total. The standard InChI is InChI=1S/C28H29N7O2/c1-19-5-3-7-23(31-19)27-30-15-13-25(34-27)32-24-12-14-29-26(33-24)17-20-8-10-22(11-9-20)35-16-4-6-21(18-35)28(36)37-2/h3,5,7-15,21H,4,6,16-18H2,1-2H3,(H,29,30,32,33,34). The Morgan fingerprint density at radius 2 is 1.78 bits per heavy atom. The molecule has 0 spiro atoms. The van der Waals surface area contributed by atoms with Gasteiger partial charge in [0.2, 0.25) is 0 Å². The van der Waals surface area contributed by atoms with Crippen molar-refractivity contribution in [3.63, 3.8) is 0 Å². The highest BCUT2D eigenvalue weighted by atomic mass is 16.5. The van der Waals surface area contributed by atoms with Gasteiger partial charge in [-0.1, -0.05) is 18.2 Å². The molecule has 4 aromatic rings. The van der Waals surface area contributed by atoms with Crippen LogP contribution in [0.15, 0.2) is 67.0 Å². The molecule has 1 atom stereocenters. The summed E-state index contributed by atoms with van der Waals surface area (Å²) in [7, 11) is 1.45.